The lowest BCUT2D eigenvalue weighted by atomic mass is 9.97. The van der Waals surface area contributed by atoms with Crippen molar-refractivity contribution in [1.82, 2.24) is 9.13 Å². The average molecular weight is 406 g/mol. The molecule has 3 rings (SSSR count). The molecular formula is C23H22N2O5. The fraction of sp³-hybridized carbons (Fsp3) is 0.217. The monoisotopic (exact) mass is 406 g/mol. The molecule has 7 heteroatoms. The minimum Gasteiger partial charge on any atom is -0.497 e. The van der Waals surface area contributed by atoms with Crippen LogP contribution >= 0.6 is 0 Å². The number of carbonyl (C=O) groups is 2. The van der Waals surface area contributed by atoms with E-state index in [0.29, 0.717) is 11.3 Å². The topological polar surface area (TPSA) is 87.4 Å². The van der Waals surface area contributed by atoms with Crippen LogP contribution in [0.15, 0.2) is 58.1 Å². The molecule has 0 N–H and O–H groups in total. The van der Waals surface area contributed by atoms with Gasteiger partial charge < -0.3 is 4.74 Å². The van der Waals surface area contributed by atoms with E-state index in [4.69, 9.17) is 4.74 Å². The van der Waals surface area contributed by atoms with E-state index in [9.17, 15) is 19.2 Å². The summed E-state index contributed by atoms with van der Waals surface area (Å²) in [7, 11) is 4.26. The summed E-state index contributed by atoms with van der Waals surface area (Å²) >= 11 is 0. The predicted octanol–water partition coefficient (Wildman–Crippen LogP) is 2.06. The minimum absolute atomic E-state index is 0.0921. The molecule has 7 nitrogen and oxygen atoms in total. The molecule has 2 aromatic carbocycles. The zero-order valence-corrected chi connectivity index (χ0v) is 17.3. The number of carbonyl (C=O) groups excluding carboxylic acids is 2. The lowest BCUT2D eigenvalue weighted by Gasteiger charge is -2.14. The second kappa shape index (κ2) is 8.32. The number of nitrogens with zero attached hydrogens (tertiary/aromatic N) is 2. The van der Waals surface area contributed by atoms with Crippen molar-refractivity contribution in [3.63, 3.8) is 0 Å². The number of hydrogen-bond acceptors (Lipinski definition) is 5. The maximum atomic E-state index is 13.2. The van der Waals surface area contributed by atoms with Crippen LogP contribution in [-0.2, 0) is 20.5 Å². The second-order valence-corrected chi connectivity index (χ2v) is 7.05. The summed E-state index contributed by atoms with van der Waals surface area (Å²) in [6.45, 7) is 1.91. The quantitative estimate of drug-likeness (QED) is 0.585. The van der Waals surface area contributed by atoms with Gasteiger partial charge in [0.15, 0.2) is 11.6 Å². The Labute approximate surface area is 173 Å². The molecule has 0 saturated carbocycles. The number of aromatic nitrogens is 2. The van der Waals surface area contributed by atoms with Crippen molar-refractivity contribution in [3.8, 4) is 5.75 Å². The number of ketones is 2. The van der Waals surface area contributed by atoms with Gasteiger partial charge in [-0.05, 0) is 31.2 Å². The largest absolute Gasteiger partial charge is 0.497 e. The standard InChI is InChI=1S/C23H22N2O5/c1-14-5-7-15(8-6-14)19(26)13-18-20(22(28)25(3)23(29)24(18)2)21(27)16-9-11-17(30-4)12-10-16/h5-12H,13H2,1-4H3. The number of rotatable bonds is 6. The molecule has 0 spiro atoms. The fourth-order valence-corrected chi connectivity index (χ4v) is 3.20. The molecule has 0 aliphatic heterocycles. The van der Waals surface area contributed by atoms with Gasteiger partial charge in [-0.1, -0.05) is 29.8 Å². The van der Waals surface area contributed by atoms with Gasteiger partial charge in [0.25, 0.3) is 5.56 Å². The van der Waals surface area contributed by atoms with Crippen molar-refractivity contribution >= 4 is 11.6 Å². The predicted molar refractivity (Wildman–Crippen MR) is 113 cm³/mol. The van der Waals surface area contributed by atoms with Crippen molar-refractivity contribution in [1.29, 1.82) is 0 Å². The van der Waals surface area contributed by atoms with E-state index in [2.05, 4.69) is 0 Å². The van der Waals surface area contributed by atoms with Crippen LogP contribution in [0, 0.1) is 6.92 Å². The SMILES string of the molecule is COc1ccc(C(=O)c2c(CC(=O)c3ccc(C)cc3)n(C)c(=O)n(C)c2=O)cc1. The van der Waals surface area contributed by atoms with Gasteiger partial charge in [0.1, 0.15) is 11.3 Å². The van der Waals surface area contributed by atoms with Crippen LogP contribution in [0.5, 0.6) is 5.75 Å². The van der Waals surface area contributed by atoms with Crippen LogP contribution < -0.4 is 16.0 Å². The molecule has 0 aliphatic carbocycles. The number of benzene rings is 2. The Morgan fingerprint density at radius 1 is 0.867 bits per heavy atom. The molecule has 0 bridgehead atoms. The van der Waals surface area contributed by atoms with Crippen LogP contribution in [0.1, 0.15) is 37.5 Å². The van der Waals surface area contributed by atoms with E-state index in [-0.39, 0.29) is 29.0 Å². The van der Waals surface area contributed by atoms with E-state index in [1.165, 1.54) is 37.9 Å². The molecule has 0 saturated heterocycles. The summed E-state index contributed by atoms with van der Waals surface area (Å²) in [5.41, 5.74) is 0.276. The summed E-state index contributed by atoms with van der Waals surface area (Å²) in [4.78, 5) is 51.3. The molecule has 1 aromatic heterocycles. The maximum Gasteiger partial charge on any atom is 0.330 e. The number of ether oxygens (including phenoxy) is 1. The lowest BCUT2D eigenvalue weighted by Crippen LogP contribution is -2.43. The third-order valence-electron chi connectivity index (χ3n) is 5.07. The van der Waals surface area contributed by atoms with E-state index in [0.717, 1.165) is 10.1 Å². The van der Waals surface area contributed by atoms with E-state index in [1.54, 1.807) is 36.4 Å². The lowest BCUT2D eigenvalue weighted by molar-refractivity contribution is 0.0990. The smallest absolute Gasteiger partial charge is 0.330 e. The summed E-state index contributed by atoms with van der Waals surface area (Å²) in [6.07, 6.45) is -0.248. The zero-order valence-electron chi connectivity index (χ0n) is 17.3. The van der Waals surface area contributed by atoms with Crippen molar-refractivity contribution < 1.29 is 14.3 Å². The molecule has 3 aromatic rings. The highest BCUT2D eigenvalue weighted by molar-refractivity contribution is 6.10. The maximum absolute atomic E-state index is 13.2. The first kappa shape index (κ1) is 21.0. The number of hydrogen-bond donors (Lipinski definition) is 0. The molecule has 154 valence electrons. The van der Waals surface area contributed by atoms with Gasteiger partial charge in [-0.2, -0.15) is 0 Å². The highest BCUT2D eigenvalue weighted by Gasteiger charge is 2.25. The molecule has 0 amide bonds. The average Bonchev–Trinajstić information content (AvgIpc) is 2.76. The first-order valence-electron chi connectivity index (χ1n) is 9.32. The molecule has 0 atom stereocenters. The summed E-state index contributed by atoms with van der Waals surface area (Å²) < 4.78 is 7.16. The summed E-state index contributed by atoms with van der Waals surface area (Å²) in [5, 5.41) is 0. The van der Waals surface area contributed by atoms with Crippen molar-refractivity contribution in [2.45, 2.75) is 13.3 Å². The summed E-state index contributed by atoms with van der Waals surface area (Å²) in [6, 6.07) is 13.3. The molecule has 30 heavy (non-hydrogen) atoms. The first-order valence-corrected chi connectivity index (χ1v) is 9.32. The Balaban J connectivity index is 2.13. The Morgan fingerprint density at radius 2 is 1.43 bits per heavy atom. The molecule has 0 unspecified atom stereocenters. The Morgan fingerprint density at radius 3 is 2.00 bits per heavy atom. The third kappa shape index (κ3) is 3.87. The van der Waals surface area contributed by atoms with Crippen LogP contribution in [0.4, 0.5) is 0 Å². The van der Waals surface area contributed by atoms with E-state index >= 15 is 0 Å². The van der Waals surface area contributed by atoms with Gasteiger partial charge in [0.05, 0.1) is 13.5 Å². The van der Waals surface area contributed by atoms with Crippen LogP contribution in [0.3, 0.4) is 0 Å². The Bertz CT molecular complexity index is 1230. The van der Waals surface area contributed by atoms with Crippen LogP contribution in [0.25, 0.3) is 0 Å². The molecule has 0 aliphatic rings. The number of aryl methyl sites for hydroxylation is 1. The Hall–Kier alpha value is -3.74. The zero-order chi connectivity index (χ0) is 22.0. The van der Waals surface area contributed by atoms with Crippen molar-refractivity contribution in [2.75, 3.05) is 7.11 Å². The van der Waals surface area contributed by atoms with Crippen LogP contribution in [0.2, 0.25) is 0 Å². The highest BCUT2D eigenvalue weighted by atomic mass is 16.5. The molecular weight excluding hydrogens is 384 g/mol. The van der Waals surface area contributed by atoms with Gasteiger partial charge in [-0.15, -0.1) is 0 Å². The minimum atomic E-state index is -0.731. The van der Waals surface area contributed by atoms with Crippen molar-refractivity contribution in [2.24, 2.45) is 14.1 Å². The van der Waals surface area contributed by atoms with Gasteiger partial charge in [0.2, 0.25) is 0 Å². The molecule has 0 radical (unpaired) electrons. The number of methoxy groups -OCH3 is 1. The highest BCUT2D eigenvalue weighted by Crippen LogP contribution is 2.17. The molecule has 1 heterocycles. The summed E-state index contributed by atoms with van der Waals surface area (Å²) in [5.74, 6) is -0.280. The van der Waals surface area contributed by atoms with Gasteiger partial charge >= 0.3 is 5.69 Å². The third-order valence-corrected chi connectivity index (χ3v) is 5.07. The fourth-order valence-electron chi connectivity index (χ4n) is 3.20. The second-order valence-electron chi connectivity index (χ2n) is 7.05. The van der Waals surface area contributed by atoms with Crippen LogP contribution in [-0.4, -0.2) is 27.8 Å². The first-order chi connectivity index (χ1) is 14.2. The van der Waals surface area contributed by atoms with E-state index < -0.39 is 17.0 Å². The van der Waals surface area contributed by atoms with Gasteiger partial charge in [-0.3, -0.25) is 23.5 Å². The van der Waals surface area contributed by atoms with Crippen molar-refractivity contribution in [3.05, 3.63) is 97.3 Å². The molecule has 0 fully saturated rings. The van der Waals surface area contributed by atoms with E-state index in [1.807, 2.05) is 6.92 Å². The van der Waals surface area contributed by atoms with Gasteiger partial charge in [-0.25, -0.2) is 4.79 Å². The normalized spacial score (nSPS) is 10.7. The number of Topliss-reactive ketones (excluding diaryl/α,β-unsaturated/α-hetero) is 1. The van der Waals surface area contributed by atoms with Gasteiger partial charge in [0, 0.05) is 30.9 Å². The Kier molecular flexibility index (Phi) is 5.82.